The summed E-state index contributed by atoms with van der Waals surface area (Å²) in [6.07, 6.45) is 2.17. The van der Waals surface area contributed by atoms with E-state index in [2.05, 4.69) is 20.4 Å². The molecule has 27 heavy (non-hydrogen) atoms. The number of halogens is 1. The van der Waals surface area contributed by atoms with Gasteiger partial charge < -0.3 is 15.4 Å². The number of hydrogen-bond acceptors (Lipinski definition) is 5. The molecule has 0 spiro atoms. The van der Waals surface area contributed by atoms with Crippen molar-refractivity contribution in [2.75, 3.05) is 12.4 Å². The Morgan fingerprint density at radius 3 is 2.56 bits per heavy atom. The molecule has 1 atom stereocenters. The molecule has 0 saturated carbocycles. The monoisotopic (exact) mass is 389 g/mol. The maximum atomic E-state index is 12.5. The van der Waals surface area contributed by atoms with Crippen LogP contribution in [0.1, 0.15) is 51.5 Å². The zero-order valence-corrected chi connectivity index (χ0v) is 16.0. The Hall–Kier alpha value is -2.93. The van der Waals surface area contributed by atoms with Gasteiger partial charge in [0.05, 0.1) is 23.4 Å². The number of carbonyl (C=O) groups excluding carboxylic acids is 3. The highest BCUT2D eigenvalue weighted by atomic mass is 35.5. The summed E-state index contributed by atoms with van der Waals surface area (Å²) in [4.78, 5) is 40.3. The van der Waals surface area contributed by atoms with Gasteiger partial charge in [-0.25, -0.2) is 4.79 Å². The second-order valence-corrected chi connectivity index (χ2v) is 6.26. The van der Waals surface area contributed by atoms with Crippen LogP contribution in [-0.2, 0) is 4.74 Å². The van der Waals surface area contributed by atoms with Gasteiger partial charge in [-0.15, -0.1) is 0 Å². The number of esters is 1. The summed E-state index contributed by atoms with van der Waals surface area (Å²) in [5.41, 5.74) is 0.851. The first-order valence-electron chi connectivity index (χ1n) is 8.31. The van der Waals surface area contributed by atoms with E-state index in [-0.39, 0.29) is 33.9 Å². The summed E-state index contributed by atoms with van der Waals surface area (Å²) in [5, 5.41) is 5.67. The van der Waals surface area contributed by atoms with Crippen LogP contribution < -0.4 is 10.6 Å². The zero-order chi connectivity index (χ0) is 20.0. The smallest absolute Gasteiger partial charge is 0.337 e. The predicted octanol–water partition coefficient (Wildman–Crippen LogP) is 3.30. The Bertz CT molecular complexity index is 870. The van der Waals surface area contributed by atoms with Gasteiger partial charge in [0, 0.05) is 17.8 Å². The van der Waals surface area contributed by atoms with Crippen LogP contribution >= 0.6 is 11.6 Å². The Kier molecular flexibility index (Phi) is 6.90. The van der Waals surface area contributed by atoms with Crippen LogP contribution in [-0.4, -0.2) is 35.9 Å². The molecule has 8 heteroatoms. The zero-order valence-electron chi connectivity index (χ0n) is 15.2. The van der Waals surface area contributed by atoms with Gasteiger partial charge in [0.15, 0.2) is 0 Å². The van der Waals surface area contributed by atoms with Crippen molar-refractivity contribution < 1.29 is 19.1 Å². The molecule has 1 heterocycles. The van der Waals surface area contributed by atoms with Gasteiger partial charge in [0.25, 0.3) is 11.8 Å². The first kappa shape index (κ1) is 20.4. The molecule has 1 unspecified atom stereocenters. The van der Waals surface area contributed by atoms with Crippen molar-refractivity contribution in [1.29, 1.82) is 0 Å². The minimum Gasteiger partial charge on any atom is -0.465 e. The van der Waals surface area contributed by atoms with Crippen molar-refractivity contribution >= 4 is 35.1 Å². The molecule has 0 fully saturated rings. The average Bonchev–Trinajstić information content (AvgIpc) is 2.68. The van der Waals surface area contributed by atoms with E-state index in [1.54, 1.807) is 0 Å². The predicted molar refractivity (Wildman–Crippen MR) is 102 cm³/mol. The van der Waals surface area contributed by atoms with Gasteiger partial charge >= 0.3 is 5.97 Å². The Balaban J connectivity index is 2.20. The van der Waals surface area contributed by atoms with E-state index < -0.39 is 11.9 Å². The molecule has 0 radical (unpaired) electrons. The standard InChI is InChI=1S/C19H20ClN3O4/c1-4-11(2)22-17(24)12-7-8-21-16(9-12)18(25)23-15-10-13(19(26)27-3)5-6-14(15)20/h5-11H,4H2,1-3H3,(H,22,24)(H,23,25). The molecule has 2 rings (SSSR count). The van der Waals surface area contributed by atoms with E-state index in [1.807, 2.05) is 13.8 Å². The van der Waals surface area contributed by atoms with E-state index in [0.717, 1.165) is 6.42 Å². The third-order valence-electron chi connectivity index (χ3n) is 3.88. The first-order valence-corrected chi connectivity index (χ1v) is 8.69. The Morgan fingerprint density at radius 1 is 1.15 bits per heavy atom. The SMILES string of the molecule is CCC(C)NC(=O)c1ccnc(C(=O)Nc2cc(C(=O)OC)ccc2Cl)c1. The van der Waals surface area contributed by atoms with Crippen LogP contribution in [0.15, 0.2) is 36.5 Å². The number of carbonyl (C=O) groups is 3. The third kappa shape index (κ3) is 5.27. The van der Waals surface area contributed by atoms with Gasteiger partial charge in [-0.05, 0) is 43.7 Å². The maximum absolute atomic E-state index is 12.5. The van der Waals surface area contributed by atoms with Crippen LogP contribution in [0.5, 0.6) is 0 Å². The highest BCUT2D eigenvalue weighted by Gasteiger charge is 2.16. The van der Waals surface area contributed by atoms with Crippen molar-refractivity contribution in [2.45, 2.75) is 26.3 Å². The Morgan fingerprint density at radius 2 is 1.89 bits per heavy atom. The minimum atomic E-state index is -0.558. The van der Waals surface area contributed by atoms with E-state index >= 15 is 0 Å². The van der Waals surface area contributed by atoms with Crippen molar-refractivity contribution in [3.05, 3.63) is 58.4 Å². The lowest BCUT2D eigenvalue weighted by molar-refractivity contribution is 0.0600. The molecular formula is C19H20ClN3O4. The van der Waals surface area contributed by atoms with Gasteiger partial charge in [-0.1, -0.05) is 18.5 Å². The highest BCUT2D eigenvalue weighted by molar-refractivity contribution is 6.34. The summed E-state index contributed by atoms with van der Waals surface area (Å²) >= 11 is 6.08. The number of nitrogens with one attached hydrogen (secondary N) is 2. The summed E-state index contributed by atoms with van der Waals surface area (Å²) < 4.78 is 4.65. The number of anilines is 1. The number of rotatable bonds is 6. The molecule has 0 bridgehead atoms. The Labute approximate surface area is 162 Å². The fraction of sp³-hybridized carbons (Fsp3) is 0.263. The first-order chi connectivity index (χ1) is 12.8. The van der Waals surface area contributed by atoms with Crippen LogP contribution in [0, 0.1) is 0 Å². The van der Waals surface area contributed by atoms with Gasteiger partial charge in [0.1, 0.15) is 5.69 Å². The molecule has 142 valence electrons. The fourth-order valence-electron chi connectivity index (χ4n) is 2.16. The second kappa shape index (κ2) is 9.14. The number of methoxy groups -OCH3 is 1. The van der Waals surface area contributed by atoms with E-state index in [9.17, 15) is 14.4 Å². The molecule has 2 aromatic rings. The number of aromatic nitrogens is 1. The third-order valence-corrected chi connectivity index (χ3v) is 4.21. The topological polar surface area (TPSA) is 97.4 Å². The molecule has 2 N–H and O–H groups in total. The quantitative estimate of drug-likeness (QED) is 0.739. The maximum Gasteiger partial charge on any atom is 0.337 e. The molecule has 0 aliphatic rings. The summed E-state index contributed by atoms with van der Waals surface area (Å²) in [7, 11) is 1.26. The van der Waals surface area contributed by atoms with Crippen molar-refractivity contribution in [3.63, 3.8) is 0 Å². The van der Waals surface area contributed by atoms with Crippen molar-refractivity contribution in [2.24, 2.45) is 0 Å². The number of pyridine rings is 1. The normalized spacial score (nSPS) is 11.4. The highest BCUT2D eigenvalue weighted by Crippen LogP contribution is 2.24. The number of hydrogen-bond donors (Lipinski definition) is 2. The molecular weight excluding hydrogens is 370 g/mol. The summed E-state index contributed by atoms with van der Waals surface area (Å²) in [5.74, 6) is -1.40. The second-order valence-electron chi connectivity index (χ2n) is 5.85. The molecule has 0 aliphatic heterocycles. The number of amides is 2. The van der Waals surface area contributed by atoms with Gasteiger partial charge in [0.2, 0.25) is 0 Å². The van der Waals surface area contributed by atoms with Crippen LogP contribution in [0.3, 0.4) is 0 Å². The van der Waals surface area contributed by atoms with Crippen LogP contribution in [0.2, 0.25) is 5.02 Å². The molecule has 1 aromatic heterocycles. The van der Waals surface area contributed by atoms with E-state index in [0.29, 0.717) is 5.56 Å². The lowest BCUT2D eigenvalue weighted by Crippen LogP contribution is -2.32. The largest absolute Gasteiger partial charge is 0.465 e. The molecule has 7 nitrogen and oxygen atoms in total. The van der Waals surface area contributed by atoms with Gasteiger partial charge in [-0.3, -0.25) is 14.6 Å². The minimum absolute atomic E-state index is 0.0165. The van der Waals surface area contributed by atoms with E-state index in [1.165, 1.54) is 43.6 Å². The molecule has 1 aromatic carbocycles. The molecule has 2 amide bonds. The average molecular weight is 390 g/mol. The van der Waals surface area contributed by atoms with Gasteiger partial charge in [-0.2, -0.15) is 0 Å². The van der Waals surface area contributed by atoms with Crippen molar-refractivity contribution in [1.82, 2.24) is 10.3 Å². The molecule has 0 aliphatic carbocycles. The van der Waals surface area contributed by atoms with Crippen LogP contribution in [0.25, 0.3) is 0 Å². The van der Waals surface area contributed by atoms with Crippen LogP contribution in [0.4, 0.5) is 5.69 Å². The molecule has 0 saturated heterocycles. The number of nitrogens with zero attached hydrogens (tertiary/aromatic N) is 1. The number of ether oxygens (including phenoxy) is 1. The van der Waals surface area contributed by atoms with E-state index in [4.69, 9.17) is 11.6 Å². The summed E-state index contributed by atoms with van der Waals surface area (Å²) in [6, 6.07) is 7.31. The lowest BCUT2D eigenvalue weighted by Gasteiger charge is -2.12. The fourth-order valence-corrected chi connectivity index (χ4v) is 2.32. The summed E-state index contributed by atoms with van der Waals surface area (Å²) in [6.45, 7) is 3.85. The van der Waals surface area contributed by atoms with Crippen molar-refractivity contribution in [3.8, 4) is 0 Å². The number of benzene rings is 1. The lowest BCUT2D eigenvalue weighted by atomic mass is 10.1.